The maximum Gasteiger partial charge on any atom is 0.408 e. The molecule has 0 aliphatic heterocycles. The molecule has 0 spiro atoms. The molecule has 0 fully saturated rings. The van der Waals surface area contributed by atoms with Crippen LogP contribution in [0.4, 0.5) is 10.5 Å². The van der Waals surface area contributed by atoms with E-state index in [4.69, 9.17) is 14.2 Å². The third-order valence-electron chi connectivity index (χ3n) is 4.66. The van der Waals surface area contributed by atoms with Crippen molar-refractivity contribution in [3.05, 3.63) is 106 Å². The Labute approximate surface area is 200 Å². The predicted molar refractivity (Wildman–Crippen MR) is 123 cm³/mol. The fourth-order valence-corrected chi connectivity index (χ4v) is 2.91. The standard InChI is InChI=1S/C25H22N2O8/c28-23(35-21-13-11-20(12-14-21)27(31)32)15-22(24(29)33-16-18-7-3-1-4-8-18)26-25(30)34-17-19-9-5-2-6-10-19/h1-14,22H,15-17H2,(H,26,30)/t22-/m1/s1. The van der Waals surface area contributed by atoms with Crippen molar-refractivity contribution in [2.24, 2.45) is 0 Å². The minimum absolute atomic E-state index is 0.0360. The molecule has 180 valence electrons. The van der Waals surface area contributed by atoms with Crippen molar-refractivity contribution in [1.82, 2.24) is 5.32 Å². The molecule has 0 unspecified atom stereocenters. The molecule has 0 saturated carbocycles. The van der Waals surface area contributed by atoms with Gasteiger partial charge in [0.2, 0.25) is 0 Å². The molecule has 3 aromatic rings. The zero-order valence-electron chi connectivity index (χ0n) is 18.5. The van der Waals surface area contributed by atoms with Gasteiger partial charge in [-0.2, -0.15) is 0 Å². The third kappa shape index (κ3) is 8.28. The normalized spacial score (nSPS) is 11.1. The molecular weight excluding hydrogens is 456 g/mol. The Morgan fingerprint density at radius 3 is 1.89 bits per heavy atom. The van der Waals surface area contributed by atoms with Gasteiger partial charge in [0.05, 0.1) is 11.3 Å². The molecule has 3 aromatic carbocycles. The highest BCUT2D eigenvalue weighted by Crippen LogP contribution is 2.18. The van der Waals surface area contributed by atoms with Crippen molar-refractivity contribution in [2.75, 3.05) is 0 Å². The van der Waals surface area contributed by atoms with Gasteiger partial charge in [-0.25, -0.2) is 9.59 Å². The fraction of sp³-hybridized carbons (Fsp3) is 0.160. The first kappa shape index (κ1) is 24.9. The number of nitro benzene ring substituents is 1. The summed E-state index contributed by atoms with van der Waals surface area (Å²) in [5, 5.41) is 13.1. The van der Waals surface area contributed by atoms with Crippen LogP contribution in [0.15, 0.2) is 84.9 Å². The molecule has 3 rings (SSSR count). The van der Waals surface area contributed by atoms with Crippen molar-refractivity contribution in [1.29, 1.82) is 0 Å². The van der Waals surface area contributed by atoms with E-state index in [1.165, 1.54) is 24.3 Å². The summed E-state index contributed by atoms with van der Waals surface area (Å²) in [6.45, 7) is -0.0972. The Morgan fingerprint density at radius 1 is 0.800 bits per heavy atom. The lowest BCUT2D eigenvalue weighted by atomic mass is 10.2. The van der Waals surface area contributed by atoms with Crippen LogP contribution in [0.2, 0.25) is 0 Å². The molecule has 0 radical (unpaired) electrons. The molecule has 0 heterocycles. The third-order valence-corrected chi connectivity index (χ3v) is 4.66. The lowest BCUT2D eigenvalue weighted by molar-refractivity contribution is -0.384. The lowest BCUT2D eigenvalue weighted by Gasteiger charge is -2.17. The van der Waals surface area contributed by atoms with Crippen LogP contribution in [0.1, 0.15) is 17.5 Å². The molecule has 1 amide bonds. The molecule has 0 aliphatic rings. The highest BCUT2D eigenvalue weighted by atomic mass is 16.6. The Morgan fingerprint density at radius 2 is 1.34 bits per heavy atom. The minimum Gasteiger partial charge on any atom is -0.459 e. The zero-order valence-corrected chi connectivity index (χ0v) is 18.5. The van der Waals surface area contributed by atoms with Crippen LogP contribution in [0, 0.1) is 10.1 Å². The van der Waals surface area contributed by atoms with Crippen LogP contribution in [0.25, 0.3) is 0 Å². The molecule has 1 atom stereocenters. The van der Waals surface area contributed by atoms with E-state index < -0.39 is 35.4 Å². The number of nitrogens with zero attached hydrogens (tertiary/aromatic N) is 1. The Hall–Kier alpha value is -4.73. The summed E-state index contributed by atoms with van der Waals surface area (Å²) >= 11 is 0. The van der Waals surface area contributed by atoms with Crippen molar-refractivity contribution in [2.45, 2.75) is 25.7 Å². The number of nitro groups is 1. The Kier molecular flexibility index (Phi) is 8.89. The number of amides is 1. The largest absolute Gasteiger partial charge is 0.459 e. The highest BCUT2D eigenvalue weighted by Gasteiger charge is 2.27. The number of hydrogen-bond acceptors (Lipinski definition) is 8. The van der Waals surface area contributed by atoms with Gasteiger partial charge < -0.3 is 19.5 Å². The van der Waals surface area contributed by atoms with Crippen molar-refractivity contribution in [3.8, 4) is 5.75 Å². The number of esters is 2. The molecule has 0 aromatic heterocycles. The van der Waals surface area contributed by atoms with Gasteiger partial charge in [-0.1, -0.05) is 60.7 Å². The van der Waals surface area contributed by atoms with Gasteiger partial charge in [0.15, 0.2) is 0 Å². The molecule has 0 bridgehead atoms. The predicted octanol–water partition coefficient (Wildman–Crippen LogP) is 3.93. The summed E-state index contributed by atoms with van der Waals surface area (Å²) in [5.74, 6) is -1.67. The van der Waals surface area contributed by atoms with Gasteiger partial charge in [0, 0.05) is 12.1 Å². The van der Waals surface area contributed by atoms with Crippen LogP contribution >= 0.6 is 0 Å². The highest BCUT2D eigenvalue weighted by molar-refractivity contribution is 5.86. The molecule has 35 heavy (non-hydrogen) atoms. The number of carbonyl (C=O) groups excluding carboxylic acids is 3. The number of hydrogen-bond donors (Lipinski definition) is 1. The topological polar surface area (TPSA) is 134 Å². The summed E-state index contributed by atoms with van der Waals surface area (Å²) in [5.41, 5.74) is 1.29. The summed E-state index contributed by atoms with van der Waals surface area (Å²) in [6.07, 6.45) is -1.47. The smallest absolute Gasteiger partial charge is 0.408 e. The van der Waals surface area contributed by atoms with Gasteiger partial charge in [0.25, 0.3) is 5.69 Å². The van der Waals surface area contributed by atoms with Gasteiger partial charge >= 0.3 is 18.0 Å². The van der Waals surface area contributed by atoms with Crippen LogP contribution in [0.5, 0.6) is 5.75 Å². The lowest BCUT2D eigenvalue weighted by Crippen LogP contribution is -2.44. The Bertz CT molecular complexity index is 1150. The molecule has 10 nitrogen and oxygen atoms in total. The molecule has 0 aliphatic carbocycles. The first-order valence-electron chi connectivity index (χ1n) is 10.5. The zero-order chi connectivity index (χ0) is 25.0. The number of rotatable bonds is 10. The average Bonchev–Trinajstić information content (AvgIpc) is 2.87. The van der Waals surface area contributed by atoms with Crippen LogP contribution in [-0.2, 0) is 32.3 Å². The van der Waals surface area contributed by atoms with E-state index in [9.17, 15) is 24.5 Å². The maximum atomic E-state index is 12.7. The van der Waals surface area contributed by atoms with E-state index in [-0.39, 0.29) is 24.7 Å². The van der Waals surface area contributed by atoms with Crippen LogP contribution in [0.3, 0.4) is 0 Å². The minimum atomic E-state index is -1.38. The maximum absolute atomic E-state index is 12.7. The second-order valence-corrected chi connectivity index (χ2v) is 7.28. The number of carbonyl (C=O) groups is 3. The SMILES string of the molecule is O=C(C[C@@H](NC(=O)OCc1ccccc1)C(=O)OCc1ccccc1)Oc1ccc([N+](=O)[O-])cc1. The first-order chi connectivity index (χ1) is 16.9. The van der Waals surface area contributed by atoms with E-state index in [2.05, 4.69) is 5.32 Å². The van der Waals surface area contributed by atoms with Gasteiger partial charge in [-0.15, -0.1) is 0 Å². The number of alkyl carbamates (subject to hydrolysis) is 1. The van der Waals surface area contributed by atoms with Crippen LogP contribution < -0.4 is 10.1 Å². The Balaban J connectivity index is 1.62. The van der Waals surface area contributed by atoms with Crippen molar-refractivity contribution >= 4 is 23.7 Å². The summed E-state index contributed by atoms with van der Waals surface area (Å²) in [7, 11) is 0. The number of non-ortho nitro benzene ring substituents is 1. The molecular formula is C25H22N2O8. The van der Waals surface area contributed by atoms with E-state index in [1.54, 1.807) is 48.5 Å². The molecule has 0 saturated heterocycles. The number of nitrogens with one attached hydrogen (secondary N) is 1. The summed E-state index contributed by atoms with van der Waals surface area (Å²) in [4.78, 5) is 47.5. The van der Waals surface area contributed by atoms with E-state index in [1.807, 2.05) is 12.1 Å². The first-order valence-corrected chi connectivity index (χ1v) is 10.5. The molecule has 1 N–H and O–H groups in total. The van der Waals surface area contributed by atoms with E-state index in [0.29, 0.717) is 0 Å². The summed E-state index contributed by atoms with van der Waals surface area (Å²) < 4.78 is 15.5. The number of ether oxygens (including phenoxy) is 3. The fourth-order valence-electron chi connectivity index (χ4n) is 2.91. The van der Waals surface area contributed by atoms with Crippen molar-refractivity contribution < 1.29 is 33.5 Å². The van der Waals surface area contributed by atoms with E-state index in [0.717, 1.165) is 11.1 Å². The second-order valence-electron chi connectivity index (χ2n) is 7.28. The van der Waals surface area contributed by atoms with Gasteiger partial charge in [-0.05, 0) is 23.3 Å². The molecule has 10 heteroatoms. The van der Waals surface area contributed by atoms with Crippen molar-refractivity contribution in [3.63, 3.8) is 0 Å². The second kappa shape index (κ2) is 12.5. The van der Waals surface area contributed by atoms with E-state index >= 15 is 0 Å². The van der Waals surface area contributed by atoms with Crippen LogP contribution in [-0.4, -0.2) is 29.0 Å². The van der Waals surface area contributed by atoms with Gasteiger partial charge in [-0.3, -0.25) is 14.9 Å². The number of benzene rings is 3. The quantitative estimate of drug-likeness (QED) is 0.200. The monoisotopic (exact) mass is 478 g/mol. The summed E-state index contributed by atoms with van der Waals surface area (Å²) in [6, 6.07) is 21.3. The van der Waals surface area contributed by atoms with Gasteiger partial charge in [0.1, 0.15) is 25.0 Å². The average molecular weight is 478 g/mol.